The van der Waals surface area contributed by atoms with Crippen molar-refractivity contribution >= 4 is 17.9 Å². The number of hydrogen-bond acceptors (Lipinski definition) is 8. The molecule has 148 valence electrons. The summed E-state index contributed by atoms with van der Waals surface area (Å²) in [6.07, 6.45) is 0.687. The van der Waals surface area contributed by atoms with E-state index in [-0.39, 0.29) is 30.3 Å². The maximum absolute atomic E-state index is 11.5. The summed E-state index contributed by atoms with van der Waals surface area (Å²) in [5.41, 5.74) is 10.4. The van der Waals surface area contributed by atoms with E-state index >= 15 is 0 Å². The minimum Gasteiger partial charge on any atom is -0.480 e. The lowest BCUT2D eigenvalue weighted by atomic mass is 10.1. The van der Waals surface area contributed by atoms with Gasteiger partial charge in [-0.25, -0.2) is 9.59 Å². The second-order valence-electron chi connectivity index (χ2n) is 5.78. The van der Waals surface area contributed by atoms with Gasteiger partial charge in [0.15, 0.2) is 6.04 Å². The molecule has 26 heavy (non-hydrogen) atoms. The first kappa shape index (κ1) is 23.3. The molecular formula is C14H26N6O6. The van der Waals surface area contributed by atoms with Crippen LogP contribution in [0.5, 0.6) is 0 Å². The minimum absolute atomic E-state index is 0.0784. The smallest absolute Gasteiger partial charge is 0.328 e. The van der Waals surface area contributed by atoms with Crippen molar-refractivity contribution in [1.29, 1.82) is 0 Å². The van der Waals surface area contributed by atoms with Gasteiger partial charge in [0.2, 0.25) is 17.7 Å². The molecule has 3 amide bonds. The topological polar surface area (TPSA) is 207 Å². The molecule has 0 aliphatic rings. The average molecular weight is 374 g/mol. The number of aliphatic hydroxyl groups is 1. The van der Waals surface area contributed by atoms with Crippen molar-refractivity contribution in [2.24, 2.45) is 17.4 Å². The van der Waals surface area contributed by atoms with Gasteiger partial charge in [-0.15, -0.1) is 10.2 Å². The molecule has 0 aliphatic heterocycles. The van der Waals surface area contributed by atoms with Gasteiger partial charge in [-0.2, -0.15) is 0 Å². The molecule has 8 N–H and O–H groups in total. The summed E-state index contributed by atoms with van der Waals surface area (Å²) >= 11 is 0. The van der Waals surface area contributed by atoms with Crippen molar-refractivity contribution in [3.63, 3.8) is 0 Å². The molecule has 0 aromatic carbocycles. The zero-order valence-corrected chi connectivity index (χ0v) is 14.9. The van der Waals surface area contributed by atoms with E-state index in [0.29, 0.717) is 12.3 Å². The lowest BCUT2D eigenvalue weighted by molar-refractivity contribution is -0.140. The highest BCUT2D eigenvalue weighted by molar-refractivity contribution is 5.82. The average Bonchev–Trinajstić information content (AvgIpc) is 2.98. The van der Waals surface area contributed by atoms with Crippen LogP contribution in [0, 0.1) is 5.92 Å². The van der Waals surface area contributed by atoms with Crippen LogP contribution in [0.15, 0.2) is 4.42 Å². The van der Waals surface area contributed by atoms with E-state index < -0.39 is 24.6 Å². The van der Waals surface area contributed by atoms with Crippen LogP contribution in [0.1, 0.15) is 45.0 Å². The number of carboxylic acids is 1. The lowest BCUT2D eigenvalue weighted by Gasteiger charge is -2.11. The SMILES string of the molecule is CC(C)CC(N)c1nnc(CNC(=O)NC(CO)C(=O)O)o1.CC(N)=O. The van der Waals surface area contributed by atoms with E-state index in [0.717, 1.165) is 0 Å². The number of nitrogens with two attached hydrogens (primary N) is 2. The Morgan fingerprint density at radius 1 is 1.27 bits per heavy atom. The highest BCUT2D eigenvalue weighted by Crippen LogP contribution is 2.17. The Bertz CT molecular complexity index is 586. The van der Waals surface area contributed by atoms with Gasteiger partial charge in [0.25, 0.3) is 0 Å². The van der Waals surface area contributed by atoms with Crippen LogP contribution in [-0.2, 0) is 16.1 Å². The normalized spacial score (nSPS) is 12.5. The third-order valence-corrected chi connectivity index (χ3v) is 2.71. The zero-order valence-electron chi connectivity index (χ0n) is 14.9. The van der Waals surface area contributed by atoms with Gasteiger partial charge in [-0.05, 0) is 12.3 Å². The van der Waals surface area contributed by atoms with Crippen LogP contribution in [0.3, 0.4) is 0 Å². The summed E-state index contributed by atoms with van der Waals surface area (Å²) < 4.78 is 5.32. The molecule has 1 rings (SSSR count). The third-order valence-electron chi connectivity index (χ3n) is 2.71. The second-order valence-corrected chi connectivity index (χ2v) is 5.78. The Kier molecular flexibility index (Phi) is 10.5. The van der Waals surface area contributed by atoms with E-state index in [9.17, 15) is 14.4 Å². The first-order valence-electron chi connectivity index (χ1n) is 7.78. The number of urea groups is 1. The summed E-state index contributed by atoms with van der Waals surface area (Å²) in [7, 11) is 0. The van der Waals surface area contributed by atoms with E-state index in [1.807, 2.05) is 13.8 Å². The zero-order chi connectivity index (χ0) is 20.3. The summed E-state index contributed by atoms with van der Waals surface area (Å²) in [5.74, 6) is -0.858. The van der Waals surface area contributed by atoms with Crippen molar-refractivity contribution < 1.29 is 29.0 Å². The fraction of sp³-hybridized carbons (Fsp3) is 0.643. The Balaban J connectivity index is 0.00000141. The maximum Gasteiger partial charge on any atom is 0.328 e. The maximum atomic E-state index is 11.5. The summed E-state index contributed by atoms with van der Waals surface area (Å²) in [5, 5.41) is 29.5. The first-order valence-corrected chi connectivity index (χ1v) is 7.78. The van der Waals surface area contributed by atoms with Gasteiger partial charge in [-0.1, -0.05) is 13.8 Å². The van der Waals surface area contributed by atoms with Crippen molar-refractivity contribution in [2.75, 3.05) is 6.61 Å². The van der Waals surface area contributed by atoms with Crippen LogP contribution in [0.25, 0.3) is 0 Å². The predicted molar refractivity (Wildman–Crippen MR) is 89.4 cm³/mol. The molecule has 12 nitrogen and oxygen atoms in total. The predicted octanol–water partition coefficient (Wildman–Crippen LogP) is -1.15. The molecule has 1 heterocycles. The van der Waals surface area contributed by atoms with Crippen molar-refractivity contribution in [1.82, 2.24) is 20.8 Å². The van der Waals surface area contributed by atoms with Crippen molar-refractivity contribution in [3.8, 4) is 0 Å². The van der Waals surface area contributed by atoms with Gasteiger partial charge in [-0.3, -0.25) is 4.79 Å². The Labute approximate surface area is 150 Å². The van der Waals surface area contributed by atoms with Crippen LogP contribution in [-0.4, -0.2) is 51.0 Å². The summed E-state index contributed by atoms with van der Waals surface area (Å²) in [4.78, 5) is 31.3. The summed E-state index contributed by atoms with van der Waals surface area (Å²) in [6.45, 7) is 4.55. The van der Waals surface area contributed by atoms with Crippen molar-refractivity contribution in [3.05, 3.63) is 11.8 Å². The Hall–Kier alpha value is -2.73. The largest absolute Gasteiger partial charge is 0.480 e. The van der Waals surface area contributed by atoms with E-state index in [2.05, 4.69) is 26.6 Å². The summed E-state index contributed by atoms with van der Waals surface area (Å²) in [6, 6.07) is -2.52. The Morgan fingerprint density at radius 2 is 1.85 bits per heavy atom. The Morgan fingerprint density at radius 3 is 2.31 bits per heavy atom. The lowest BCUT2D eigenvalue weighted by Crippen LogP contribution is -2.47. The van der Waals surface area contributed by atoms with Gasteiger partial charge in [0, 0.05) is 6.92 Å². The number of hydrogen-bond donors (Lipinski definition) is 6. The number of aliphatic hydroxyl groups excluding tert-OH is 1. The number of aromatic nitrogens is 2. The number of aliphatic carboxylic acids is 1. The molecule has 12 heteroatoms. The second kappa shape index (κ2) is 11.8. The fourth-order valence-corrected chi connectivity index (χ4v) is 1.65. The molecule has 0 fully saturated rings. The molecular weight excluding hydrogens is 348 g/mol. The number of primary amides is 1. The third kappa shape index (κ3) is 10.2. The van der Waals surface area contributed by atoms with E-state index in [1.165, 1.54) is 6.92 Å². The molecule has 0 bridgehead atoms. The van der Waals surface area contributed by atoms with Crippen LogP contribution in [0.2, 0.25) is 0 Å². The van der Waals surface area contributed by atoms with Gasteiger partial charge in [0.05, 0.1) is 19.2 Å². The molecule has 1 aromatic rings. The van der Waals surface area contributed by atoms with Crippen LogP contribution in [0.4, 0.5) is 4.79 Å². The molecule has 0 radical (unpaired) electrons. The first-order chi connectivity index (χ1) is 12.1. The number of carbonyl (C=O) groups excluding carboxylic acids is 2. The number of amides is 3. The minimum atomic E-state index is -1.38. The molecule has 0 aliphatic carbocycles. The van der Waals surface area contributed by atoms with Crippen LogP contribution < -0.4 is 22.1 Å². The number of nitrogens with zero attached hydrogens (tertiary/aromatic N) is 2. The van der Waals surface area contributed by atoms with E-state index in [4.69, 9.17) is 20.4 Å². The van der Waals surface area contributed by atoms with Crippen LogP contribution >= 0.6 is 0 Å². The quantitative estimate of drug-likeness (QED) is 0.324. The molecule has 0 saturated heterocycles. The highest BCUT2D eigenvalue weighted by atomic mass is 16.4. The number of nitrogens with one attached hydrogen (secondary N) is 2. The van der Waals surface area contributed by atoms with Gasteiger partial charge >= 0.3 is 12.0 Å². The highest BCUT2D eigenvalue weighted by Gasteiger charge is 2.19. The molecule has 2 unspecified atom stereocenters. The molecule has 1 aromatic heterocycles. The van der Waals surface area contributed by atoms with Gasteiger partial charge in [0.1, 0.15) is 0 Å². The molecule has 0 saturated carbocycles. The number of carbonyl (C=O) groups is 3. The standard InChI is InChI=1S/C12H21N5O5.C2H5NO/c1-6(2)3-7(13)10-17-16-9(22-10)4-14-12(21)15-8(5-18)11(19)20;1-2(3)4/h6-8,18H,3-5,13H2,1-2H3,(H,19,20)(H2,14,15,21);1H3,(H2,3,4). The fourth-order valence-electron chi connectivity index (χ4n) is 1.65. The van der Waals surface area contributed by atoms with Gasteiger partial charge < -0.3 is 36.7 Å². The monoisotopic (exact) mass is 374 g/mol. The molecule has 0 spiro atoms. The number of rotatable bonds is 8. The number of carboxylic acid groups (broad SMARTS) is 1. The van der Waals surface area contributed by atoms with E-state index in [1.54, 1.807) is 0 Å². The molecule has 2 atom stereocenters. The van der Waals surface area contributed by atoms with Crippen molar-refractivity contribution in [2.45, 2.75) is 45.8 Å².